The molecule has 14 heavy (non-hydrogen) atoms. The van der Waals surface area contributed by atoms with E-state index in [1.165, 1.54) is 12.1 Å². The molecule has 5 heteroatoms. The van der Waals surface area contributed by atoms with E-state index in [1.54, 1.807) is 6.07 Å². The van der Waals surface area contributed by atoms with E-state index in [0.717, 1.165) is 6.07 Å². The molecule has 0 saturated carbocycles. The molecule has 0 heterocycles. The van der Waals surface area contributed by atoms with Gasteiger partial charge in [0.15, 0.2) is 0 Å². The van der Waals surface area contributed by atoms with Gasteiger partial charge in [0.2, 0.25) is 0 Å². The second kappa shape index (κ2) is 3.89. The maximum absolute atomic E-state index is 12.3. The molecule has 0 amide bonds. The molecular weight excluding hydrogens is 215 g/mol. The first kappa shape index (κ1) is 10.9. The standard InChI is InChI=1S/C9H5ClF3N/c10-8-6(4-5-14)2-1-3-7(8)9(11,12)13/h1-3H,4H2. The number of nitriles is 1. The maximum Gasteiger partial charge on any atom is 0.417 e. The van der Waals surface area contributed by atoms with Crippen molar-refractivity contribution in [2.75, 3.05) is 0 Å². The fourth-order valence-electron chi connectivity index (χ4n) is 1.02. The van der Waals surface area contributed by atoms with E-state index in [9.17, 15) is 13.2 Å². The molecule has 0 spiro atoms. The smallest absolute Gasteiger partial charge is 0.198 e. The van der Waals surface area contributed by atoms with Gasteiger partial charge < -0.3 is 0 Å². The summed E-state index contributed by atoms with van der Waals surface area (Å²) in [5.74, 6) is 0. The summed E-state index contributed by atoms with van der Waals surface area (Å²) in [7, 11) is 0. The molecule has 0 unspecified atom stereocenters. The number of nitrogens with zero attached hydrogens (tertiary/aromatic N) is 1. The summed E-state index contributed by atoms with van der Waals surface area (Å²) in [6.45, 7) is 0. The number of halogens is 4. The molecule has 0 fully saturated rings. The van der Waals surface area contributed by atoms with E-state index < -0.39 is 11.7 Å². The zero-order chi connectivity index (χ0) is 10.8. The Balaban J connectivity index is 3.22. The van der Waals surface area contributed by atoms with Crippen LogP contribution in [0.3, 0.4) is 0 Å². The van der Waals surface area contributed by atoms with E-state index >= 15 is 0 Å². The lowest BCUT2D eigenvalue weighted by atomic mass is 10.1. The lowest BCUT2D eigenvalue weighted by molar-refractivity contribution is -0.137. The summed E-state index contributed by atoms with van der Waals surface area (Å²) in [5.41, 5.74) is -0.698. The van der Waals surface area contributed by atoms with Gasteiger partial charge in [0.05, 0.1) is 23.1 Å². The quantitative estimate of drug-likeness (QED) is 0.710. The van der Waals surface area contributed by atoms with Gasteiger partial charge in [-0.25, -0.2) is 0 Å². The summed E-state index contributed by atoms with van der Waals surface area (Å²) in [4.78, 5) is 0. The predicted octanol–water partition coefficient (Wildman–Crippen LogP) is 3.42. The van der Waals surface area contributed by atoms with Crippen LogP contribution in [0.1, 0.15) is 11.1 Å². The summed E-state index contributed by atoms with van der Waals surface area (Å²) in [6.07, 6.45) is -4.59. The fraction of sp³-hybridized carbons (Fsp3) is 0.222. The third-order valence-electron chi connectivity index (χ3n) is 1.65. The minimum atomic E-state index is -4.47. The van der Waals surface area contributed by atoms with E-state index in [-0.39, 0.29) is 17.0 Å². The summed E-state index contributed by atoms with van der Waals surface area (Å²) < 4.78 is 36.9. The van der Waals surface area contributed by atoms with Crippen LogP contribution in [0, 0.1) is 11.3 Å². The van der Waals surface area contributed by atoms with Gasteiger partial charge in [0.25, 0.3) is 0 Å². The minimum absolute atomic E-state index is 0.122. The monoisotopic (exact) mass is 219 g/mol. The highest BCUT2D eigenvalue weighted by Gasteiger charge is 2.33. The van der Waals surface area contributed by atoms with E-state index in [0.29, 0.717) is 0 Å². The molecule has 0 aromatic heterocycles. The van der Waals surface area contributed by atoms with Gasteiger partial charge in [0.1, 0.15) is 0 Å². The SMILES string of the molecule is N#CCc1cccc(C(F)(F)F)c1Cl. The highest BCUT2D eigenvalue weighted by molar-refractivity contribution is 6.32. The van der Waals surface area contributed by atoms with E-state index in [4.69, 9.17) is 16.9 Å². The van der Waals surface area contributed by atoms with Crippen LogP contribution in [0.15, 0.2) is 18.2 Å². The van der Waals surface area contributed by atoms with E-state index in [1.807, 2.05) is 0 Å². The van der Waals surface area contributed by atoms with Crippen molar-refractivity contribution >= 4 is 11.6 Å². The second-order valence-corrected chi connectivity index (χ2v) is 2.99. The molecule has 1 rings (SSSR count). The van der Waals surface area contributed by atoms with E-state index in [2.05, 4.69) is 0 Å². The van der Waals surface area contributed by atoms with Crippen molar-refractivity contribution in [3.05, 3.63) is 34.3 Å². The molecule has 74 valence electrons. The third-order valence-corrected chi connectivity index (χ3v) is 2.10. The Morgan fingerprint density at radius 2 is 2.00 bits per heavy atom. The van der Waals surface area contributed by atoms with Gasteiger partial charge >= 0.3 is 6.18 Å². The van der Waals surface area contributed by atoms with Gasteiger partial charge in [-0.1, -0.05) is 23.7 Å². The zero-order valence-corrected chi connectivity index (χ0v) is 7.65. The van der Waals surface area contributed by atoms with Crippen LogP contribution in [0.4, 0.5) is 13.2 Å². The Morgan fingerprint density at radius 3 is 2.50 bits per heavy atom. The van der Waals surface area contributed by atoms with Crippen molar-refractivity contribution in [1.82, 2.24) is 0 Å². The van der Waals surface area contributed by atoms with Gasteiger partial charge in [0, 0.05) is 0 Å². The lowest BCUT2D eigenvalue weighted by Crippen LogP contribution is -2.06. The zero-order valence-electron chi connectivity index (χ0n) is 6.90. The lowest BCUT2D eigenvalue weighted by Gasteiger charge is -2.10. The predicted molar refractivity (Wildman–Crippen MR) is 45.8 cm³/mol. The average Bonchev–Trinajstić information content (AvgIpc) is 2.07. The van der Waals surface area contributed by atoms with Crippen LogP contribution < -0.4 is 0 Å². The normalized spacial score (nSPS) is 11.1. The van der Waals surface area contributed by atoms with Crippen molar-refractivity contribution in [2.24, 2.45) is 0 Å². The van der Waals surface area contributed by atoms with Crippen LogP contribution >= 0.6 is 11.6 Å². The highest BCUT2D eigenvalue weighted by atomic mass is 35.5. The van der Waals surface area contributed by atoms with Crippen molar-refractivity contribution in [1.29, 1.82) is 5.26 Å². The highest BCUT2D eigenvalue weighted by Crippen LogP contribution is 2.36. The van der Waals surface area contributed by atoms with Gasteiger partial charge in [-0.15, -0.1) is 0 Å². The minimum Gasteiger partial charge on any atom is -0.198 e. The molecule has 1 aromatic carbocycles. The van der Waals surface area contributed by atoms with Gasteiger partial charge in [-0.2, -0.15) is 18.4 Å². The Hall–Kier alpha value is -1.21. The van der Waals surface area contributed by atoms with Crippen molar-refractivity contribution < 1.29 is 13.2 Å². The average molecular weight is 220 g/mol. The molecule has 0 aliphatic heterocycles. The maximum atomic E-state index is 12.3. The number of hydrogen-bond donors (Lipinski definition) is 0. The topological polar surface area (TPSA) is 23.8 Å². The van der Waals surface area contributed by atoms with Crippen LogP contribution in [0.2, 0.25) is 5.02 Å². The molecule has 0 saturated heterocycles. The van der Waals surface area contributed by atoms with Gasteiger partial charge in [-0.05, 0) is 11.6 Å². The van der Waals surface area contributed by atoms with Crippen molar-refractivity contribution in [3.63, 3.8) is 0 Å². The third kappa shape index (κ3) is 2.18. The number of alkyl halides is 3. The Morgan fingerprint density at radius 1 is 1.36 bits per heavy atom. The summed E-state index contributed by atoms with van der Waals surface area (Å²) in [6, 6.07) is 5.28. The fourth-order valence-corrected chi connectivity index (χ4v) is 1.32. The summed E-state index contributed by atoms with van der Waals surface area (Å²) >= 11 is 5.50. The first-order valence-corrected chi connectivity index (χ1v) is 4.06. The molecule has 1 aromatic rings. The second-order valence-electron chi connectivity index (χ2n) is 2.61. The molecule has 0 aliphatic carbocycles. The molecular formula is C9H5ClF3N. The Labute approximate surface area is 83.7 Å². The molecule has 0 aliphatic rings. The van der Waals surface area contributed by atoms with Crippen LogP contribution in [0.25, 0.3) is 0 Å². The Bertz CT molecular complexity index is 379. The number of benzene rings is 1. The molecule has 1 nitrogen and oxygen atoms in total. The number of rotatable bonds is 1. The molecule has 0 N–H and O–H groups in total. The van der Waals surface area contributed by atoms with Crippen LogP contribution in [-0.2, 0) is 12.6 Å². The number of hydrogen-bond acceptors (Lipinski definition) is 1. The molecule has 0 radical (unpaired) electrons. The largest absolute Gasteiger partial charge is 0.417 e. The Kier molecular flexibility index (Phi) is 3.02. The van der Waals surface area contributed by atoms with Crippen LogP contribution in [0.5, 0.6) is 0 Å². The molecule has 0 atom stereocenters. The van der Waals surface area contributed by atoms with Gasteiger partial charge in [-0.3, -0.25) is 0 Å². The van der Waals surface area contributed by atoms with Crippen molar-refractivity contribution in [2.45, 2.75) is 12.6 Å². The first-order chi connectivity index (χ1) is 6.46. The first-order valence-electron chi connectivity index (χ1n) is 3.68. The molecule has 0 bridgehead atoms. The van der Waals surface area contributed by atoms with Crippen molar-refractivity contribution in [3.8, 4) is 6.07 Å². The van der Waals surface area contributed by atoms with Crippen LogP contribution in [-0.4, -0.2) is 0 Å². The summed E-state index contributed by atoms with van der Waals surface area (Å²) in [5, 5.41) is 7.96.